The van der Waals surface area contributed by atoms with Crippen molar-refractivity contribution in [2.75, 3.05) is 13.2 Å². The molecule has 4 nitrogen and oxygen atoms in total. The average molecular weight is 272 g/mol. The first-order valence-electron chi connectivity index (χ1n) is 7.14. The highest BCUT2D eigenvalue weighted by Gasteiger charge is 2.41. The number of carbonyl (C=O) groups excluding carboxylic acids is 1. The van der Waals surface area contributed by atoms with E-state index in [4.69, 9.17) is 0 Å². The second-order valence-corrected chi connectivity index (χ2v) is 5.75. The van der Waals surface area contributed by atoms with Gasteiger partial charge in [0.2, 0.25) is 5.91 Å². The van der Waals surface area contributed by atoms with E-state index in [0.29, 0.717) is 19.5 Å². The van der Waals surface area contributed by atoms with Crippen molar-refractivity contribution in [2.24, 2.45) is 5.41 Å². The number of aryl methyl sites for hydroxylation is 1. The summed E-state index contributed by atoms with van der Waals surface area (Å²) in [6, 6.07) is 10.2. The molecule has 3 rings (SSSR count). The van der Waals surface area contributed by atoms with Crippen molar-refractivity contribution >= 4 is 16.8 Å². The molecular formula is C16H20N2O2. The van der Waals surface area contributed by atoms with Gasteiger partial charge in [-0.1, -0.05) is 18.2 Å². The fourth-order valence-electron chi connectivity index (χ4n) is 2.50. The Labute approximate surface area is 118 Å². The minimum Gasteiger partial charge on any atom is -0.396 e. The molecule has 106 valence electrons. The number of amides is 1. The number of aromatic nitrogens is 1. The minimum atomic E-state index is -0.0180. The molecule has 1 saturated carbocycles. The van der Waals surface area contributed by atoms with Crippen molar-refractivity contribution in [1.29, 1.82) is 0 Å². The lowest BCUT2D eigenvalue weighted by atomic mass is 10.1. The predicted octanol–water partition coefficient (Wildman–Crippen LogP) is 1.92. The lowest BCUT2D eigenvalue weighted by molar-refractivity contribution is -0.121. The van der Waals surface area contributed by atoms with Crippen LogP contribution in [0.4, 0.5) is 0 Å². The summed E-state index contributed by atoms with van der Waals surface area (Å²) in [6.45, 7) is 1.47. The minimum absolute atomic E-state index is 0.0180. The van der Waals surface area contributed by atoms with Crippen LogP contribution in [0, 0.1) is 5.41 Å². The Hall–Kier alpha value is -1.81. The third-order valence-corrected chi connectivity index (χ3v) is 4.21. The van der Waals surface area contributed by atoms with Gasteiger partial charge in [-0.2, -0.15) is 0 Å². The van der Waals surface area contributed by atoms with Crippen molar-refractivity contribution < 1.29 is 9.90 Å². The van der Waals surface area contributed by atoms with Crippen molar-refractivity contribution in [3.8, 4) is 0 Å². The molecule has 2 aromatic rings. The van der Waals surface area contributed by atoms with Gasteiger partial charge in [0.1, 0.15) is 0 Å². The zero-order chi connectivity index (χ0) is 14.0. The zero-order valence-corrected chi connectivity index (χ0v) is 11.5. The van der Waals surface area contributed by atoms with Crippen LogP contribution in [-0.4, -0.2) is 28.7 Å². The molecule has 2 N–H and O–H groups in total. The van der Waals surface area contributed by atoms with Crippen LogP contribution in [-0.2, 0) is 11.3 Å². The Balaban J connectivity index is 1.53. The molecule has 0 unspecified atom stereocenters. The highest BCUT2D eigenvalue weighted by Crippen LogP contribution is 2.44. The molecule has 1 aliphatic carbocycles. The molecule has 0 spiro atoms. The van der Waals surface area contributed by atoms with Gasteiger partial charge in [0.25, 0.3) is 0 Å². The van der Waals surface area contributed by atoms with E-state index in [-0.39, 0.29) is 17.9 Å². The zero-order valence-electron chi connectivity index (χ0n) is 11.5. The summed E-state index contributed by atoms with van der Waals surface area (Å²) in [6.07, 6.45) is 4.53. The molecule has 0 atom stereocenters. The number of para-hydroxylation sites is 1. The monoisotopic (exact) mass is 272 g/mol. The summed E-state index contributed by atoms with van der Waals surface area (Å²) in [7, 11) is 0. The first-order chi connectivity index (χ1) is 9.72. The average Bonchev–Trinajstić information content (AvgIpc) is 3.16. The molecule has 0 radical (unpaired) electrons. The molecule has 0 saturated heterocycles. The number of benzene rings is 1. The molecule has 1 heterocycles. The number of fused-ring (bicyclic) bond motifs is 1. The molecule has 20 heavy (non-hydrogen) atoms. The normalized spacial score (nSPS) is 16.2. The lowest BCUT2D eigenvalue weighted by Crippen LogP contribution is -2.32. The van der Waals surface area contributed by atoms with Crippen LogP contribution in [0.1, 0.15) is 19.3 Å². The van der Waals surface area contributed by atoms with Crippen LogP contribution in [0.5, 0.6) is 0 Å². The van der Waals surface area contributed by atoms with Crippen molar-refractivity contribution in [3.63, 3.8) is 0 Å². The van der Waals surface area contributed by atoms with Crippen molar-refractivity contribution in [3.05, 3.63) is 36.5 Å². The molecule has 0 aliphatic heterocycles. The third-order valence-electron chi connectivity index (χ3n) is 4.21. The Morgan fingerprint density at radius 2 is 2.10 bits per heavy atom. The van der Waals surface area contributed by atoms with Gasteiger partial charge in [0.15, 0.2) is 0 Å². The topological polar surface area (TPSA) is 54.3 Å². The molecule has 1 aromatic carbocycles. The van der Waals surface area contributed by atoms with Crippen LogP contribution in [0.25, 0.3) is 10.9 Å². The predicted molar refractivity (Wildman–Crippen MR) is 78.3 cm³/mol. The number of aliphatic hydroxyl groups excluding tert-OH is 1. The van der Waals surface area contributed by atoms with Crippen LogP contribution in [0.2, 0.25) is 0 Å². The van der Waals surface area contributed by atoms with Gasteiger partial charge in [0, 0.05) is 36.6 Å². The van der Waals surface area contributed by atoms with E-state index >= 15 is 0 Å². The molecular weight excluding hydrogens is 252 g/mol. The van der Waals surface area contributed by atoms with E-state index in [2.05, 4.69) is 28.1 Å². The maximum Gasteiger partial charge on any atom is 0.221 e. The first-order valence-corrected chi connectivity index (χ1v) is 7.14. The number of nitrogens with zero attached hydrogens (tertiary/aromatic N) is 1. The number of rotatable bonds is 6. The standard InChI is InChI=1S/C16H20N2O2/c19-12-16(7-8-16)11-17-15(20)6-10-18-9-5-13-3-1-2-4-14(13)18/h1-5,9,19H,6-8,10-12H2,(H,17,20). The van der Waals surface area contributed by atoms with E-state index in [0.717, 1.165) is 18.4 Å². The fraction of sp³-hybridized carbons (Fsp3) is 0.438. The second kappa shape index (κ2) is 5.29. The summed E-state index contributed by atoms with van der Waals surface area (Å²) >= 11 is 0. The van der Waals surface area contributed by atoms with Gasteiger partial charge in [-0.05, 0) is 30.4 Å². The van der Waals surface area contributed by atoms with Gasteiger partial charge in [-0.25, -0.2) is 0 Å². The number of carbonyl (C=O) groups is 1. The lowest BCUT2D eigenvalue weighted by Gasteiger charge is -2.13. The highest BCUT2D eigenvalue weighted by atomic mass is 16.3. The van der Waals surface area contributed by atoms with E-state index < -0.39 is 0 Å². The van der Waals surface area contributed by atoms with E-state index in [9.17, 15) is 9.90 Å². The quantitative estimate of drug-likeness (QED) is 0.844. The molecule has 1 aromatic heterocycles. The van der Waals surface area contributed by atoms with E-state index in [1.807, 2.05) is 18.3 Å². The van der Waals surface area contributed by atoms with Crippen LogP contribution >= 0.6 is 0 Å². The molecule has 1 amide bonds. The largest absolute Gasteiger partial charge is 0.396 e. The fourth-order valence-corrected chi connectivity index (χ4v) is 2.50. The maximum absolute atomic E-state index is 11.9. The molecule has 1 fully saturated rings. The highest BCUT2D eigenvalue weighted by molar-refractivity contribution is 5.80. The maximum atomic E-state index is 11.9. The smallest absolute Gasteiger partial charge is 0.221 e. The van der Waals surface area contributed by atoms with Gasteiger partial charge >= 0.3 is 0 Å². The summed E-state index contributed by atoms with van der Waals surface area (Å²) in [4.78, 5) is 11.9. The second-order valence-electron chi connectivity index (χ2n) is 5.75. The van der Waals surface area contributed by atoms with Crippen LogP contribution in [0.3, 0.4) is 0 Å². The van der Waals surface area contributed by atoms with Crippen molar-refractivity contribution in [2.45, 2.75) is 25.8 Å². The van der Waals surface area contributed by atoms with E-state index in [1.54, 1.807) is 0 Å². The molecule has 1 aliphatic rings. The molecule has 4 heteroatoms. The van der Waals surface area contributed by atoms with Gasteiger partial charge in [-0.15, -0.1) is 0 Å². The Kier molecular flexibility index (Phi) is 3.49. The summed E-state index contributed by atoms with van der Waals surface area (Å²) < 4.78 is 2.11. The number of hydrogen-bond acceptors (Lipinski definition) is 2. The summed E-state index contributed by atoms with van der Waals surface area (Å²) in [5, 5.41) is 13.3. The number of nitrogens with one attached hydrogen (secondary N) is 1. The third kappa shape index (κ3) is 2.70. The van der Waals surface area contributed by atoms with Gasteiger partial charge < -0.3 is 15.0 Å². The number of hydrogen-bond donors (Lipinski definition) is 2. The van der Waals surface area contributed by atoms with Gasteiger partial charge in [-0.3, -0.25) is 4.79 Å². The Morgan fingerprint density at radius 3 is 2.85 bits per heavy atom. The van der Waals surface area contributed by atoms with Crippen LogP contribution < -0.4 is 5.32 Å². The van der Waals surface area contributed by atoms with Gasteiger partial charge in [0.05, 0.1) is 6.61 Å². The van der Waals surface area contributed by atoms with Crippen LogP contribution in [0.15, 0.2) is 36.5 Å². The molecule has 0 bridgehead atoms. The number of aliphatic hydroxyl groups is 1. The Bertz CT molecular complexity index is 614. The van der Waals surface area contributed by atoms with Crippen molar-refractivity contribution in [1.82, 2.24) is 9.88 Å². The first kappa shape index (κ1) is 13.2. The van der Waals surface area contributed by atoms with E-state index in [1.165, 1.54) is 5.39 Å². The summed E-state index contributed by atoms with van der Waals surface area (Å²) in [5.41, 5.74) is 1.14. The SMILES string of the molecule is O=C(CCn1ccc2ccccc21)NCC1(CO)CC1. The Morgan fingerprint density at radius 1 is 1.30 bits per heavy atom. The summed E-state index contributed by atoms with van der Waals surface area (Å²) in [5.74, 6) is 0.0579.